The van der Waals surface area contributed by atoms with Crippen molar-refractivity contribution in [3.63, 3.8) is 0 Å². The number of methoxy groups -OCH3 is 2. The van der Waals surface area contributed by atoms with Crippen LogP contribution in [0.4, 0.5) is 0 Å². The maximum Gasteiger partial charge on any atom is 0.305 e. The number of carbonyl (C=O) groups excluding carboxylic acids is 1. The fourth-order valence-corrected chi connectivity index (χ4v) is 1.56. The lowest BCUT2D eigenvalue weighted by molar-refractivity contribution is -0.137. The number of carboxylic acid groups (broad SMARTS) is 1. The highest BCUT2D eigenvalue weighted by atomic mass is 16.5. The molecule has 0 saturated heterocycles. The number of ether oxygens (including phenoxy) is 2. The monoisotopic (exact) mass is 253 g/mol. The van der Waals surface area contributed by atoms with Crippen LogP contribution in [0.15, 0.2) is 18.2 Å². The predicted octanol–water partition coefficient (Wildman–Crippen LogP) is 0.966. The summed E-state index contributed by atoms with van der Waals surface area (Å²) in [6.07, 6.45) is 0.259. The van der Waals surface area contributed by atoms with E-state index < -0.39 is 12.0 Å². The van der Waals surface area contributed by atoms with Gasteiger partial charge in [-0.25, -0.2) is 0 Å². The van der Waals surface area contributed by atoms with Crippen molar-refractivity contribution in [3.8, 4) is 11.5 Å². The Morgan fingerprint density at radius 3 is 2.28 bits per heavy atom. The lowest BCUT2D eigenvalue weighted by Crippen LogP contribution is -2.22. The third-order valence-electron chi connectivity index (χ3n) is 2.42. The van der Waals surface area contributed by atoms with Crippen molar-refractivity contribution in [3.05, 3.63) is 23.8 Å². The summed E-state index contributed by atoms with van der Waals surface area (Å²) in [4.78, 5) is 21.3. The molecule has 0 radical (unpaired) electrons. The van der Waals surface area contributed by atoms with Crippen molar-refractivity contribution < 1.29 is 24.2 Å². The predicted molar refractivity (Wildman–Crippen MR) is 63.7 cm³/mol. The number of rotatable bonds is 7. The molecule has 1 aromatic rings. The summed E-state index contributed by atoms with van der Waals surface area (Å²) in [5, 5.41) is 11.3. The van der Waals surface area contributed by atoms with Gasteiger partial charge in [0.25, 0.3) is 0 Å². The Kier molecular flexibility index (Phi) is 4.98. The number of amides is 1. The highest BCUT2D eigenvalue weighted by molar-refractivity contribution is 5.68. The van der Waals surface area contributed by atoms with Gasteiger partial charge in [-0.05, 0) is 17.7 Å². The fourth-order valence-electron chi connectivity index (χ4n) is 1.56. The van der Waals surface area contributed by atoms with Gasteiger partial charge in [0.2, 0.25) is 6.41 Å². The van der Waals surface area contributed by atoms with Gasteiger partial charge in [0.05, 0.1) is 26.7 Å². The van der Waals surface area contributed by atoms with Gasteiger partial charge >= 0.3 is 5.97 Å². The van der Waals surface area contributed by atoms with Crippen LogP contribution >= 0.6 is 0 Å². The molecular weight excluding hydrogens is 238 g/mol. The average molecular weight is 253 g/mol. The van der Waals surface area contributed by atoms with Crippen molar-refractivity contribution in [1.82, 2.24) is 5.32 Å². The summed E-state index contributed by atoms with van der Waals surface area (Å²) in [6.45, 7) is 0. The molecule has 0 aliphatic heterocycles. The highest BCUT2D eigenvalue weighted by Gasteiger charge is 2.16. The van der Waals surface area contributed by atoms with E-state index in [1.165, 1.54) is 14.2 Å². The lowest BCUT2D eigenvalue weighted by atomic mass is 10.0. The topological polar surface area (TPSA) is 84.9 Å². The summed E-state index contributed by atoms with van der Waals surface area (Å²) >= 11 is 0. The normalized spacial score (nSPS) is 11.4. The van der Waals surface area contributed by atoms with Crippen LogP contribution < -0.4 is 14.8 Å². The van der Waals surface area contributed by atoms with Gasteiger partial charge in [0.15, 0.2) is 0 Å². The molecule has 1 rings (SSSR count). The minimum absolute atomic E-state index is 0.213. The van der Waals surface area contributed by atoms with E-state index >= 15 is 0 Å². The van der Waals surface area contributed by atoms with Crippen molar-refractivity contribution in [2.24, 2.45) is 0 Å². The number of carbonyl (C=O) groups is 2. The molecule has 6 heteroatoms. The zero-order valence-electron chi connectivity index (χ0n) is 10.2. The summed E-state index contributed by atoms with van der Waals surface area (Å²) < 4.78 is 10.2. The highest BCUT2D eigenvalue weighted by Crippen LogP contribution is 2.27. The number of benzene rings is 1. The first-order chi connectivity index (χ1) is 8.60. The van der Waals surface area contributed by atoms with Crippen molar-refractivity contribution in [2.45, 2.75) is 12.5 Å². The molecule has 0 saturated carbocycles. The minimum atomic E-state index is -1.00. The van der Waals surface area contributed by atoms with Gasteiger partial charge in [-0.1, -0.05) is 0 Å². The molecule has 98 valence electrons. The van der Waals surface area contributed by atoms with Gasteiger partial charge in [-0.15, -0.1) is 0 Å². The zero-order chi connectivity index (χ0) is 13.5. The first-order valence-electron chi connectivity index (χ1n) is 5.25. The molecule has 0 aliphatic carbocycles. The fraction of sp³-hybridized carbons (Fsp3) is 0.333. The Bertz CT molecular complexity index is 410. The van der Waals surface area contributed by atoms with Gasteiger partial charge in [-0.2, -0.15) is 0 Å². The molecule has 2 N–H and O–H groups in total. The molecule has 1 aromatic carbocycles. The number of nitrogens with one attached hydrogen (secondary N) is 1. The second-order valence-electron chi connectivity index (χ2n) is 3.58. The molecule has 0 aromatic heterocycles. The van der Waals surface area contributed by atoms with E-state index in [0.717, 1.165) is 0 Å². The Morgan fingerprint density at radius 2 is 1.89 bits per heavy atom. The van der Waals surface area contributed by atoms with E-state index in [4.69, 9.17) is 14.6 Å². The Morgan fingerprint density at radius 1 is 1.33 bits per heavy atom. The van der Waals surface area contributed by atoms with Crippen molar-refractivity contribution >= 4 is 12.4 Å². The molecule has 0 fully saturated rings. The molecule has 0 spiro atoms. The largest absolute Gasteiger partial charge is 0.497 e. The number of hydrogen-bond donors (Lipinski definition) is 2. The van der Waals surface area contributed by atoms with Gasteiger partial charge < -0.3 is 19.9 Å². The van der Waals surface area contributed by atoms with Gasteiger partial charge in [0, 0.05) is 6.07 Å². The van der Waals surface area contributed by atoms with Crippen LogP contribution in [-0.2, 0) is 9.59 Å². The third-order valence-corrected chi connectivity index (χ3v) is 2.42. The van der Waals surface area contributed by atoms with E-state index in [-0.39, 0.29) is 6.42 Å². The Hall–Kier alpha value is -2.24. The summed E-state index contributed by atoms with van der Waals surface area (Å²) in [7, 11) is 3.00. The van der Waals surface area contributed by atoms with Gasteiger partial charge in [-0.3, -0.25) is 9.59 Å². The molecule has 0 heterocycles. The maximum atomic E-state index is 10.7. The molecule has 6 nitrogen and oxygen atoms in total. The van der Waals surface area contributed by atoms with E-state index in [9.17, 15) is 9.59 Å². The van der Waals surface area contributed by atoms with Crippen LogP contribution in [0.5, 0.6) is 11.5 Å². The van der Waals surface area contributed by atoms with Crippen LogP contribution in [-0.4, -0.2) is 31.7 Å². The molecule has 18 heavy (non-hydrogen) atoms. The lowest BCUT2D eigenvalue weighted by Gasteiger charge is -2.16. The number of aliphatic carboxylic acids is 1. The molecule has 0 aliphatic rings. The smallest absolute Gasteiger partial charge is 0.305 e. The molecule has 0 unspecified atom stereocenters. The first-order valence-corrected chi connectivity index (χ1v) is 5.25. The van der Waals surface area contributed by atoms with Crippen LogP contribution in [0.1, 0.15) is 18.0 Å². The molecule has 1 atom stereocenters. The Balaban J connectivity index is 3.08. The second-order valence-corrected chi connectivity index (χ2v) is 3.58. The van der Waals surface area contributed by atoms with Crippen LogP contribution in [0.3, 0.4) is 0 Å². The number of carboxylic acids is 1. The Labute approximate surface area is 105 Å². The van der Waals surface area contributed by atoms with E-state index in [1.807, 2.05) is 0 Å². The minimum Gasteiger partial charge on any atom is -0.497 e. The van der Waals surface area contributed by atoms with Crippen LogP contribution in [0, 0.1) is 0 Å². The molecule has 1 amide bonds. The summed E-state index contributed by atoms with van der Waals surface area (Å²) in [5.74, 6) is 0.0658. The molecular formula is C12H15NO5. The standard InChI is InChI=1S/C12H15NO5/c1-17-9-3-8(4-10(5-9)18-2)11(13-7-14)6-12(15)16/h3-5,7,11H,6H2,1-2H3,(H,13,14)(H,15,16)/t11-/m1/s1. The third kappa shape index (κ3) is 3.65. The SMILES string of the molecule is COc1cc(OC)cc([C@@H](CC(=O)O)NC=O)c1. The van der Waals surface area contributed by atoms with Crippen molar-refractivity contribution in [1.29, 1.82) is 0 Å². The average Bonchev–Trinajstić information content (AvgIpc) is 2.37. The first kappa shape index (κ1) is 13.8. The quantitative estimate of drug-likeness (QED) is 0.707. The second kappa shape index (κ2) is 6.48. The number of hydrogen-bond acceptors (Lipinski definition) is 4. The van der Waals surface area contributed by atoms with Crippen LogP contribution in [0.2, 0.25) is 0 Å². The maximum absolute atomic E-state index is 10.7. The van der Waals surface area contributed by atoms with E-state index in [1.54, 1.807) is 18.2 Å². The molecule has 0 bridgehead atoms. The van der Waals surface area contributed by atoms with E-state index in [0.29, 0.717) is 23.5 Å². The van der Waals surface area contributed by atoms with Gasteiger partial charge in [0.1, 0.15) is 11.5 Å². The van der Waals surface area contributed by atoms with Crippen molar-refractivity contribution in [2.75, 3.05) is 14.2 Å². The van der Waals surface area contributed by atoms with Crippen LogP contribution in [0.25, 0.3) is 0 Å². The van der Waals surface area contributed by atoms with E-state index in [2.05, 4.69) is 5.32 Å². The summed E-state index contributed by atoms with van der Waals surface area (Å²) in [6, 6.07) is 4.37. The summed E-state index contributed by atoms with van der Waals surface area (Å²) in [5.41, 5.74) is 0.612. The zero-order valence-corrected chi connectivity index (χ0v) is 10.2.